The number of hydrogen-bond acceptors (Lipinski definition) is 3. The largest absolute Gasteiger partial charge is 0.385 e. The van der Waals surface area contributed by atoms with Gasteiger partial charge in [-0.2, -0.15) is 0 Å². The van der Waals surface area contributed by atoms with Crippen LogP contribution < -0.4 is 5.32 Å². The maximum absolute atomic E-state index is 5.27. The SMILES string of the molecule is COCCC(C)N1CC(c2ccccc2)NCC1C(C)C. The molecule has 1 aromatic carbocycles. The highest BCUT2D eigenvalue weighted by Gasteiger charge is 2.32. The third kappa shape index (κ3) is 4.29. The van der Waals surface area contributed by atoms with Crippen LogP contribution >= 0.6 is 0 Å². The summed E-state index contributed by atoms with van der Waals surface area (Å²) in [6.45, 7) is 9.97. The molecule has 0 radical (unpaired) electrons. The second-order valence-electron chi connectivity index (χ2n) is 6.51. The van der Waals surface area contributed by atoms with Gasteiger partial charge in [0.15, 0.2) is 0 Å². The summed E-state index contributed by atoms with van der Waals surface area (Å²) in [4.78, 5) is 2.68. The lowest BCUT2D eigenvalue weighted by Gasteiger charge is -2.45. The van der Waals surface area contributed by atoms with E-state index < -0.39 is 0 Å². The van der Waals surface area contributed by atoms with Crippen molar-refractivity contribution in [3.05, 3.63) is 35.9 Å². The molecule has 21 heavy (non-hydrogen) atoms. The van der Waals surface area contributed by atoms with Gasteiger partial charge in [-0.05, 0) is 24.8 Å². The van der Waals surface area contributed by atoms with E-state index in [-0.39, 0.29) is 0 Å². The average Bonchev–Trinajstić information content (AvgIpc) is 2.52. The number of hydrogen-bond donors (Lipinski definition) is 1. The minimum atomic E-state index is 0.436. The number of methoxy groups -OCH3 is 1. The molecule has 3 heteroatoms. The van der Waals surface area contributed by atoms with E-state index in [1.807, 2.05) is 0 Å². The first-order valence-electron chi connectivity index (χ1n) is 8.16. The van der Waals surface area contributed by atoms with E-state index in [2.05, 4.69) is 61.3 Å². The molecule has 3 unspecified atom stereocenters. The van der Waals surface area contributed by atoms with E-state index in [0.29, 0.717) is 24.0 Å². The van der Waals surface area contributed by atoms with E-state index in [1.54, 1.807) is 7.11 Å². The Kier molecular flexibility index (Phi) is 6.22. The maximum atomic E-state index is 5.27. The van der Waals surface area contributed by atoms with Gasteiger partial charge in [-0.3, -0.25) is 4.90 Å². The summed E-state index contributed by atoms with van der Waals surface area (Å²) in [7, 11) is 1.79. The maximum Gasteiger partial charge on any atom is 0.0477 e. The minimum Gasteiger partial charge on any atom is -0.385 e. The van der Waals surface area contributed by atoms with Crippen molar-refractivity contribution >= 4 is 0 Å². The second-order valence-corrected chi connectivity index (χ2v) is 6.51. The van der Waals surface area contributed by atoms with E-state index >= 15 is 0 Å². The predicted octanol–water partition coefficient (Wildman–Crippen LogP) is 3.08. The van der Waals surface area contributed by atoms with Crippen molar-refractivity contribution in [1.82, 2.24) is 10.2 Å². The van der Waals surface area contributed by atoms with Crippen molar-refractivity contribution in [2.75, 3.05) is 26.8 Å². The smallest absolute Gasteiger partial charge is 0.0477 e. The quantitative estimate of drug-likeness (QED) is 0.871. The molecule has 1 fully saturated rings. The fourth-order valence-corrected chi connectivity index (χ4v) is 3.28. The molecule has 1 aliphatic rings. The summed E-state index contributed by atoms with van der Waals surface area (Å²) in [5, 5.41) is 3.73. The molecule has 2 rings (SSSR count). The van der Waals surface area contributed by atoms with Gasteiger partial charge in [0, 0.05) is 44.9 Å². The van der Waals surface area contributed by atoms with Crippen LogP contribution in [0.25, 0.3) is 0 Å². The van der Waals surface area contributed by atoms with E-state index in [1.165, 1.54) is 5.56 Å². The standard InChI is InChI=1S/C18H30N2O/c1-14(2)18-12-19-17(16-8-6-5-7-9-16)13-20(18)15(3)10-11-21-4/h5-9,14-15,17-19H,10-13H2,1-4H3. The van der Waals surface area contributed by atoms with Crippen molar-refractivity contribution in [3.8, 4) is 0 Å². The molecule has 1 aliphatic heterocycles. The number of nitrogens with zero attached hydrogens (tertiary/aromatic N) is 1. The van der Waals surface area contributed by atoms with Crippen LogP contribution in [0.4, 0.5) is 0 Å². The van der Waals surface area contributed by atoms with Gasteiger partial charge in [-0.1, -0.05) is 44.2 Å². The number of piperazine rings is 1. The third-order valence-electron chi connectivity index (χ3n) is 4.67. The molecular weight excluding hydrogens is 260 g/mol. The summed E-state index contributed by atoms with van der Waals surface area (Å²) >= 11 is 0. The molecule has 118 valence electrons. The molecule has 1 N–H and O–H groups in total. The normalized spacial score (nSPS) is 25.2. The van der Waals surface area contributed by atoms with Crippen molar-refractivity contribution in [2.24, 2.45) is 5.92 Å². The van der Waals surface area contributed by atoms with Gasteiger partial charge in [-0.15, -0.1) is 0 Å². The fourth-order valence-electron chi connectivity index (χ4n) is 3.28. The lowest BCUT2D eigenvalue weighted by atomic mass is 9.93. The predicted molar refractivity (Wildman–Crippen MR) is 88.5 cm³/mol. The summed E-state index contributed by atoms with van der Waals surface area (Å²) < 4.78 is 5.27. The van der Waals surface area contributed by atoms with Crippen LogP contribution in [0.3, 0.4) is 0 Å². The van der Waals surface area contributed by atoms with Gasteiger partial charge >= 0.3 is 0 Å². The zero-order valence-electron chi connectivity index (χ0n) is 13.9. The van der Waals surface area contributed by atoms with Crippen LogP contribution in [-0.4, -0.2) is 43.8 Å². The van der Waals surface area contributed by atoms with Crippen LogP contribution in [0, 0.1) is 5.92 Å². The number of benzene rings is 1. The Morgan fingerprint density at radius 1 is 1.24 bits per heavy atom. The minimum absolute atomic E-state index is 0.436. The van der Waals surface area contributed by atoms with Gasteiger partial charge in [0.2, 0.25) is 0 Å². The first kappa shape index (κ1) is 16.5. The molecule has 0 aromatic heterocycles. The van der Waals surface area contributed by atoms with Crippen molar-refractivity contribution < 1.29 is 4.74 Å². The Labute approximate surface area is 129 Å². The Bertz CT molecular complexity index is 407. The van der Waals surface area contributed by atoms with Crippen molar-refractivity contribution in [1.29, 1.82) is 0 Å². The molecule has 1 saturated heterocycles. The molecule has 0 saturated carbocycles. The molecule has 0 aliphatic carbocycles. The van der Waals surface area contributed by atoms with Gasteiger partial charge in [0.1, 0.15) is 0 Å². The van der Waals surface area contributed by atoms with Crippen molar-refractivity contribution in [3.63, 3.8) is 0 Å². The van der Waals surface area contributed by atoms with Crippen LogP contribution in [0.1, 0.15) is 38.8 Å². The highest BCUT2D eigenvalue weighted by atomic mass is 16.5. The molecule has 0 spiro atoms. The topological polar surface area (TPSA) is 24.5 Å². The Balaban J connectivity index is 2.08. The zero-order chi connectivity index (χ0) is 15.2. The average molecular weight is 290 g/mol. The van der Waals surface area contributed by atoms with Crippen molar-refractivity contribution in [2.45, 2.75) is 45.3 Å². The lowest BCUT2D eigenvalue weighted by Crippen LogP contribution is -2.57. The first-order chi connectivity index (χ1) is 10.1. The third-order valence-corrected chi connectivity index (χ3v) is 4.67. The van der Waals surface area contributed by atoms with Crippen LogP contribution in [0.2, 0.25) is 0 Å². The Morgan fingerprint density at radius 2 is 1.95 bits per heavy atom. The second kappa shape index (κ2) is 7.92. The highest BCUT2D eigenvalue weighted by molar-refractivity contribution is 5.20. The molecule has 3 nitrogen and oxygen atoms in total. The summed E-state index contributed by atoms with van der Waals surface area (Å²) in [5.74, 6) is 0.666. The van der Waals surface area contributed by atoms with Gasteiger partial charge < -0.3 is 10.1 Å². The van der Waals surface area contributed by atoms with Crippen LogP contribution in [-0.2, 0) is 4.74 Å². The molecule has 1 heterocycles. The number of rotatable bonds is 6. The fraction of sp³-hybridized carbons (Fsp3) is 0.667. The monoisotopic (exact) mass is 290 g/mol. The summed E-state index contributed by atoms with van der Waals surface area (Å²) in [5.41, 5.74) is 1.39. The Hall–Kier alpha value is -0.900. The first-order valence-corrected chi connectivity index (χ1v) is 8.16. The molecule has 3 atom stereocenters. The molecule has 0 bridgehead atoms. The Morgan fingerprint density at radius 3 is 2.57 bits per heavy atom. The number of nitrogens with one attached hydrogen (secondary N) is 1. The lowest BCUT2D eigenvalue weighted by molar-refractivity contribution is 0.0464. The van der Waals surface area contributed by atoms with Gasteiger partial charge in [0.05, 0.1) is 0 Å². The van der Waals surface area contributed by atoms with Crippen LogP contribution in [0.5, 0.6) is 0 Å². The molecule has 0 amide bonds. The number of ether oxygens (including phenoxy) is 1. The van der Waals surface area contributed by atoms with Gasteiger partial charge in [-0.25, -0.2) is 0 Å². The zero-order valence-corrected chi connectivity index (χ0v) is 13.9. The highest BCUT2D eigenvalue weighted by Crippen LogP contribution is 2.25. The summed E-state index contributed by atoms with van der Waals surface area (Å²) in [6, 6.07) is 12.4. The van der Waals surface area contributed by atoms with E-state index in [9.17, 15) is 0 Å². The van der Waals surface area contributed by atoms with Crippen LogP contribution in [0.15, 0.2) is 30.3 Å². The molecular formula is C18H30N2O. The van der Waals surface area contributed by atoms with Gasteiger partial charge in [0.25, 0.3) is 0 Å². The van der Waals surface area contributed by atoms with E-state index in [4.69, 9.17) is 4.74 Å². The summed E-state index contributed by atoms with van der Waals surface area (Å²) in [6.07, 6.45) is 1.10. The van der Waals surface area contributed by atoms with E-state index in [0.717, 1.165) is 26.1 Å². The molecule has 1 aromatic rings.